The van der Waals surface area contributed by atoms with Crippen molar-refractivity contribution in [2.75, 3.05) is 19.8 Å². The highest BCUT2D eigenvalue weighted by atomic mass is 32.1. The van der Waals surface area contributed by atoms with E-state index in [-0.39, 0.29) is 4.87 Å². The van der Waals surface area contributed by atoms with Crippen LogP contribution in [-0.2, 0) is 11.3 Å². The van der Waals surface area contributed by atoms with Crippen molar-refractivity contribution in [3.05, 3.63) is 20.7 Å². The fourth-order valence-electron chi connectivity index (χ4n) is 1.56. The van der Waals surface area contributed by atoms with Crippen LogP contribution in [0.3, 0.4) is 0 Å². The van der Waals surface area contributed by atoms with Crippen molar-refractivity contribution in [3.63, 3.8) is 0 Å². The Labute approximate surface area is 86.3 Å². The first-order valence-electron chi connectivity index (χ1n) is 4.80. The molecule has 0 amide bonds. The monoisotopic (exact) mass is 214 g/mol. The van der Waals surface area contributed by atoms with Crippen molar-refractivity contribution < 1.29 is 4.74 Å². The standard InChI is InChI=1S/C9H14N2O2S/c12-9-11-8(6-14-9)4-10-3-7-1-2-13-5-7/h6-7,10H,1-5H2,(H,11,12). The lowest BCUT2D eigenvalue weighted by atomic mass is 10.1. The summed E-state index contributed by atoms with van der Waals surface area (Å²) >= 11 is 1.21. The van der Waals surface area contributed by atoms with Gasteiger partial charge in [-0.25, -0.2) is 0 Å². The van der Waals surface area contributed by atoms with Gasteiger partial charge in [-0.3, -0.25) is 4.79 Å². The van der Waals surface area contributed by atoms with E-state index in [0.717, 1.165) is 38.4 Å². The van der Waals surface area contributed by atoms with E-state index in [1.165, 1.54) is 11.3 Å². The second-order valence-electron chi connectivity index (χ2n) is 3.53. The van der Waals surface area contributed by atoms with Crippen LogP contribution in [0.5, 0.6) is 0 Å². The first-order valence-corrected chi connectivity index (χ1v) is 5.68. The van der Waals surface area contributed by atoms with Crippen LogP contribution in [0.15, 0.2) is 10.2 Å². The number of nitrogens with one attached hydrogen (secondary N) is 2. The Morgan fingerprint density at radius 2 is 2.64 bits per heavy atom. The largest absolute Gasteiger partial charge is 0.381 e. The lowest BCUT2D eigenvalue weighted by Gasteiger charge is -2.07. The maximum Gasteiger partial charge on any atom is 0.304 e. The van der Waals surface area contributed by atoms with Crippen LogP contribution in [0.4, 0.5) is 0 Å². The number of hydrogen-bond acceptors (Lipinski definition) is 4. The Balaban J connectivity index is 1.69. The summed E-state index contributed by atoms with van der Waals surface area (Å²) in [5.41, 5.74) is 0.971. The smallest absolute Gasteiger partial charge is 0.304 e. The molecular weight excluding hydrogens is 200 g/mol. The topological polar surface area (TPSA) is 54.1 Å². The zero-order chi connectivity index (χ0) is 9.80. The van der Waals surface area contributed by atoms with Gasteiger partial charge in [-0.1, -0.05) is 11.3 Å². The van der Waals surface area contributed by atoms with E-state index in [0.29, 0.717) is 5.92 Å². The summed E-state index contributed by atoms with van der Waals surface area (Å²) < 4.78 is 5.27. The summed E-state index contributed by atoms with van der Waals surface area (Å²) in [6.45, 7) is 3.47. The number of H-pyrrole nitrogens is 1. The van der Waals surface area contributed by atoms with Gasteiger partial charge in [-0.15, -0.1) is 0 Å². The highest BCUT2D eigenvalue weighted by Crippen LogP contribution is 2.10. The second kappa shape index (κ2) is 4.72. The molecule has 2 N–H and O–H groups in total. The summed E-state index contributed by atoms with van der Waals surface area (Å²) in [5.74, 6) is 0.639. The number of hydrogen-bond donors (Lipinski definition) is 2. The van der Waals surface area contributed by atoms with Crippen molar-refractivity contribution in [2.45, 2.75) is 13.0 Å². The van der Waals surface area contributed by atoms with Crippen LogP contribution >= 0.6 is 11.3 Å². The van der Waals surface area contributed by atoms with Gasteiger partial charge in [0.15, 0.2) is 0 Å². The molecule has 1 unspecified atom stereocenters. The molecule has 0 saturated carbocycles. The van der Waals surface area contributed by atoms with E-state index in [1.54, 1.807) is 0 Å². The van der Waals surface area contributed by atoms with Gasteiger partial charge in [-0.2, -0.15) is 0 Å². The molecule has 2 rings (SSSR count). The van der Waals surface area contributed by atoms with E-state index < -0.39 is 0 Å². The van der Waals surface area contributed by atoms with Crippen LogP contribution < -0.4 is 10.2 Å². The number of aromatic amines is 1. The third kappa shape index (κ3) is 2.67. The van der Waals surface area contributed by atoms with E-state index in [4.69, 9.17) is 4.74 Å². The molecule has 78 valence electrons. The van der Waals surface area contributed by atoms with E-state index >= 15 is 0 Å². The maximum absolute atomic E-state index is 10.8. The molecule has 5 heteroatoms. The normalized spacial score (nSPS) is 21.6. The number of thiazole rings is 1. The van der Waals surface area contributed by atoms with Gasteiger partial charge in [0.2, 0.25) is 0 Å². The zero-order valence-electron chi connectivity index (χ0n) is 7.91. The fourth-order valence-corrected chi connectivity index (χ4v) is 2.14. The third-order valence-electron chi connectivity index (χ3n) is 2.34. The molecule has 1 fully saturated rings. The molecule has 4 nitrogen and oxygen atoms in total. The molecule has 0 aromatic carbocycles. The van der Waals surface area contributed by atoms with Gasteiger partial charge in [0, 0.05) is 30.8 Å². The summed E-state index contributed by atoms with van der Waals surface area (Å²) in [5, 5.41) is 5.18. The van der Waals surface area contributed by atoms with Gasteiger partial charge >= 0.3 is 4.87 Å². The molecule has 1 aromatic rings. The molecule has 0 aliphatic carbocycles. The van der Waals surface area contributed by atoms with Crippen molar-refractivity contribution in [3.8, 4) is 0 Å². The Kier molecular flexibility index (Phi) is 3.34. The summed E-state index contributed by atoms with van der Waals surface area (Å²) in [6, 6.07) is 0. The van der Waals surface area contributed by atoms with Gasteiger partial charge in [0.05, 0.1) is 6.61 Å². The summed E-state index contributed by atoms with van der Waals surface area (Å²) in [7, 11) is 0. The summed E-state index contributed by atoms with van der Waals surface area (Å²) in [6.07, 6.45) is 1.15. The average Bonchev–Trinajstić information content (AvgIpc) is 2.77. The molecule has 0 radical (unpaired) electrons. The minimum atomic E-state index is 0.0194. The zero-order valence-corrected chi connectivity index (χ0v) is 8.73. The molecule has 1 aliphatic heterocycles. The minimum Gasteiger partial charge on any atom is -0.381 e. The van der Waals surface area contributed by atoms with Crippen molar-refractivity contribution in [1.29, 1.82) is 0 Å². The molecule has 1 saturated heterocycles. The van der Waals surface area contributed by atoms with Crippen molar-refractivity contribution >= 4 is 11.3 Å². The molecular formula is C9H14N2O2S. The molecule has 1 aromatic heterocycles. The first kappa shape index (κ1) is 9.89. The quantitative estimate of drug-likeness (QED) is 0.770. The molecule has 0 spiro atoms. The maximum atomic E-state index is 10.8. The van der Waals surface area contributed by atoms with E-state index in [9.17, 15) is 4.79 Å². The Hall–Kier alpha value is -0.650. The van der Waals surface area contributed by atoms with Crippen molar-refractivity contribution in [2.24, 2.45) is 5.92 Å². The average molecular weight is 214 g/mol. The summed E-state index contributed by atoms with van der Waals surface area (Å²) in [4.78, 5) is 13.6. The van der Waals surface area contributed by atoms with Gasteiger partial charge in [-0.05, 0) is 12.3 Å². The van der Waals surface area contributed by atoms with Gasteiger partial charge in [0.1, 0.15) is 0 Å². The fraction of sp³-hybridized carbons (Fsp3) is 0.667. The Bertz CT molecular complexity index is 328. The molecule has 0 bridgehead atoms. The van der Waals surface area contributed by atoms with E-state index in [1.807, 2.05) is 5.38 Å². The highest BCUT2D eigenvalue weighted by Gasteiger charge is 2.14. The van der Waals surface area contributed by atoms with Gasteiger partial charge < -0.3 is 15.0 Å². The lowest BCUT2D eigenvalue weighted by molar-refractivity contribution is 0.185. The molecule has 2 heterocycles. The van der Waals surface area contributed by atoms with Crippen LogP contribution in [-0.4, -0.2) is 24.7 Å². The molecule has 1 atom stereocenters. The van der Waals surface area contributed by atoms with E-state index in [2.05, 4.69) is 10.3 Å². The first-order chi connectivity index (χ1) is 6.84. The predicted octanol–water partition coefficient (Wildman–Crippen LogP) is 0.562. The van der Waals surface area contributed by atoms with Crippen LogP contribution in [0.25, 0.3) is 0 Å². The SMILES string of the molecule is O=c1[nH]c(CNCC2CCOC2)cs1. The minimum absolute atomic E-state index is 0.0194. The molecule has 1 aliphatic rings. The molecule has 14 heavy (non-hydrogen) atoms. The number of ether oxygens (including phenoxy) is 1. The van der Waals surface area contributed by atoms with Crippen LogP contribution in [0.1, 0.15) is 12.1 Å². The number of rotatable bonds is 4. The predicted molar refractivity (Wildman–Crippen MR) is 55.6 cm³/mol. The highest BCUT2D eigenvalue weighted by molar-refractivity contribution is 7.07. The Morgan fingerprint density at radius 3 is 3.29 bits per heavy atom. The van der Waals surface area contributed by atoms with Gasteiger partial charge in [0.25, 0.3) is 0 Å². The Morgan fingerprint density at radius 1 is 1.71 bits per heavy atom. The van der Waals surface area contributed by atoms with Crippen LogP contribution in [0, 0.1) is 5.92 Å². The third-order valence-corrected chi connectivity index (χ3v) is 3.06. The number of aromatic nitrogens is 1. The lowest BCUT2D eigenvalue weighted by Crippen LogP contribution is -2.23. The second-order valence-corrected chi connectivity index (χ2v) is 4.38. The van der Waals surface area contributed by atoms with Crippen molar-refractivity contribution in [1.82, 2.24) is 10.3 Å². The van der Waals surface area contributed by atoms with Crippen LogP contribution in [0.2, 0.25) is 0 Å².